The van der Waals surface area contributed by atoms with E-state index in [1.165, 1.54) is 18.3 Å². The molecular formula is C20H19F2N3O2. The summed E-state index contributed by atoms with van der Waals surface area (Å²) in [6, 6.07) is 7.01. The summed E-state index contributed by atoms with van der Waals surface area (Å²) in [4.78, 5) is 14.2. The van der Waals surface area contributed by atoms with Gasteiger partial charge >= 0.3 is 5.97 Å². The summed E-state index contributed by atoms with van der Waals surface area (Å²) in [5, 5.41) is 4.18. The van der Waals surface area contributed by atoms with Crippen molar-refractivity contribution in [2.24, 2.45) is 0 Å². The van der Waals surface area contributed by atoms with Crippen LogP contribution in [0.1, 0.15) is 41.7 Å². The highest BCUT2D eigenvalue weighted by molar-refractivity contribution is 5.97. The lowest BCUT2D eigenvalue weighted by Crippen LogP contribution is -2.23. The minimum Gasteiger partial charge on any atom is -0.462 e. The first-order valence-electron chi connectivity index (χ1n) is 8.94. The first-order valence-corrected chi connectivity index (χ1v) is 8.94. The van der Waals surface area contributed by atoms with E-state index < -0.39 is 17.6 Å². The molecule has 1 atom stereocenters. The molecule has 4 rings (SSSR count). The van der Waals surface area contributed by atoms with Crippen LogP contribution in [0.4, 0.5) is 14.5 Å². The SMILES string of the molecule is CCOC(=O)c1cnn2ccc(N3CCC[C@H]3c3cc(F)ccc3F)cc12. The van der Waals surface area contributed by atoms with Crippen molar-refractivity contribution in [1.29, 1.82) is 0 Å². The number of carbonyl (C=O) groups excluding carboxylic acids is 1. The Hall–Kier alpha value is -2.96. The summed E-state index contributed by atoms with van der Waals surface area (Å²) in [6.45, 7) is 2.75. The zero-order valence-electron chi connectivity index (χ0n) is 14.9. The van der Waals surface area contributed by atoms with Crippen LogP contribution in [0.15, 0.2) is 42.7 Å². The molecule has 0 amide bonds. The Morgan fingerprint density at radius 3 is 2.96 bits per heavy atom. The number of hydrogen-bond acceptors (Lipinski definition) is 4. The molecule has 0 radical (unpaired) electrons. The first-order chi connectivity index (χ1) is 13.1. The number of halogens is 2. The predicted octanol–water partition coefficient (Wildman–Crippen LogP) is 4.13. The van der Waals surface area contributed by atoms with Crippen molar-refractivity contribution >= 4 is 17.2 Å². The molecule has 1 saturated heterocycles. The molecule has 1 fully saturated rings. The van der Waals surface area contributed by atoms with E-state index in [0.717, 1.165) is 31.1 Å². The van der Waals surface area contributed by atoms with Gasteiger partial charge in [0.2, 0.25) is 0 Å². The quantitative estimate of drug-likeness (QED) is 0.647. The highest BCUT2D eigenvalue weighted by Crippen LogP contribution is 2.38. The van der Waals surface area contributed by atoms with E-state index in [-0.39, 0.29) is 12.6 Å². The van der Waals surface area contributed by atoms with Gasteiger partial charge in [0, 0.05) is 24.0 Å². The van der Waals surface area contributed by atoms with Crippen LogP contribution in [-0.2, 0) is 4.74 Å². The number of pyridine rings is 1. The number of esters is 1. The van der Waals surface area contributed by atoms with Crippen molar-refractivity contribution in [3.63, 3.8) is 0 Å². The second-order valence-electron chi connectivity index (χ2n) is 6.51. The van der Waals surface area contributed by atoms with E-state index >= 15 is 0 Å². The highest BCUT2D eigenvalue weighted by atomic mass is 19.1. The van der Waals surface area contributed by atoms with Gasteiger partial charge < -0.3 is 9.64 Å². The minimum atomic E-state index is -0.450. The van der Waals surface area contributed by atoms with E-state index in [9.17, 15) is 13.6 Å². The van der Waals surface area contributed by atoms with Gasteiger partial charge in [-0.2, -0.15) is 5.10 Å². The van der Waals surface area contributed by atoms with Gasteiger partial charge in [0.25, 0.3) is 0 Å². The topological polar surface area (TPSA) is 46.8 Å². The van der Waals surface area contributed by atoms with E-state index in [1.54, 1.807) is 17.6 Å². The number of carbonyl (C=O) groups is 1. The van der Waals surface area contributed by atoms with Crippen LogP contribution >= 0.6 is 0 Å². The van der Waals surface area contributed by atoms with Gasteiger partial charge in [-0.15, -0.1) is 0 Å². The maximum atomic E-state index is 14.3. The van der Waals surface area contributed by atoms with Crippen LogP contribution in [0, 0.1) is 11.6 Å². The molecule has 0 unspecified atom stereocenters. The van der Waals surface area contributed by atoms with Crippen LogP contribution in [0.25, 0.3) is 5.52 Å². The number of benzene rings is 1. The molecule has 5 nitrogen and oxygen atoms in total. The molecule has 0 aliphatic carbocycles. The maximum absolute atomic E-state index is 14.3. The Morgan fingerprint density at radius 2 is 2.15 bits per heavy atom. The highest BCUT2D eigenvalue weighted by Gasteiger charge is 2.29. The van der Waals surface area contributed by atoms with Crippen molar-refractivity contribution in [1.82, 2.24) is 9.61 Å². The summed E-state index contributed by atoms with van der Waals surface area (Å²) in [5.41, 5.74) is 2.19. The minimum absolute atomic E-state index is 0.253. The normalized spacial score (nSPS) is 16.9. The number of nitrogens with zero attached hydrogens (tertiary/aromatic N) is 3. The van der Waals surface area contributed by atoms with Crippen LogP contribution in [0.3, 0.4) is 0 Å². The first kappa shape index (κ1) is 17.5. The molecule has 140 valence electrons. The Labute approximate surface area is 155 Å². The van der Waals surface area contributed by atoms with Gasteiger partial charge in [-0.1, -0.05) is 0 Å². The fraction of sp³-hybridized carbons (Fsp3) is 0.300. The third kappa shape index (κ3) is 3.13. The molecule has 0 spiro atoms. The smallest absolute Gasteiger partial charge is 0.341 e. The van der Waals surface area contributed by atoms with Crippen molar-refractivity contribution < 1.29 is 18.3 Å². The largest absolute Gasteiger partial charge is 0.462 e. The third-order valence-corrected chi connectivity index (χ3v) is 4.90. The molecule has 1 aliphatic rings. The van der Waals surface area contributed by atoms with Crippen molar-refractivity contribution in [2.45, 2.75) is 25.8 Å². The van der Waals surface area contributed by atoms with Crippen LogP contribution in [0.5, 0.6) is 0 Å². The summed E-state index contributed by atoms with van der Waals surface area (Å²) >= 11 is 0. The summed E-state index contributed by atoms with van der Waals surface area (Å²) in [7, 11) is 0. The molecule has 7 heteroatoms. The van der Waals surface area contributed by atoms with Crippen molar-refractivity contribution in [3.05, 3.63) is 65.5 Å². The fourth-order valence-corrected chi connectivity index (χ4v) is 3.68. The standard InChI is InChI=1S/C20H19F2N3O2/c1-2-27-20(26)16-12-23-25-9-7-14(11-19(16)25)24-8-3-4-18(24)15-10-13(21)5-6-17(15)22/h5-7,9-12,18H,2-4,8H2,1H3/t18-/m0/s1. The van der Waals surface area contributed by atoms with Gasteiger partial charge in [-0.3, -0.25) is 0 Å². The molecule has 3 aromatic rings. The van der Waals surface area contributed by atoms with Crippen LogP contribution in [0.2, 0.25) is 0 Å². The zero-order chi connectivity index (χ0) is 19.0. The Kier molecular flexibility index (Phi) is 4.51. The number of fused-ring (bicyclic) bond motifs is 1. The van der Waals surface area contributed by atoms with Gasteiger partial charge in [0.05, 0.1) is 24.4 Å². The second-order valence-corrected chi connectivity index (χ2v) is 6.51. The van der Waals surface area contributed by atoms with Crippen LogP contribution in [-0.4, -0.2) is 28.7 Å². The molecule has 1 aliphatic heterocycles. The second kappa shape index (κ2) is 6.98. The lowest BCUT2D eigenvalue weighted by molar-refractivity contribution is 0.0528. The number of anilines is 1. The summed E-state index contributed by atoms with van der Waals surface area (Å²) in [6.07, 6.45) is 4.83. The van der Waals surface area contributed by atoms with Gasteiger partial charge in [-0.05, 0) is 50.1 Å². The lowest BCUT2D eigenvalue weighted by Gasteiger charge is -2.27. The molecular weight excluding hydrogens is 352 g/mol. The predicted molar refractivity (Wildman–Crippen MR) is 96.8 cm³/mol. The number of ether oxygens (including phenoxy) is 1. The Morgan fingerprint density at radius 1 is 1.30 bits per heavy atom. The maximum Gasteiger partial charge on any atom is 0.341 e. The van der Waals surface area contributed by atoms with E-state index in [4.69, 9.17) is 4.74 Å². The molecule has 27 heavy (non-hydrogen) atoms. The fourth-order valence-electron chi connectivity index (χ4n) is 3.68. The molecule has 2 aromatic heterocycles. The number of aromatic nitrogens is 2. The summed E-state index contributed by atoms with van der Waals surface area (Å²) < 4.78 is 34.6. The summed E-state index contributed by atoms with van der Waals surface area (Å²) in [5.74, 6) is -1.29. The molecule has 0 bridgehead atoms. The average Bonchev–Trinajstić information content (AvgIpc) is 3.30. The zero-order valence-corrected chi connectivity index (χ0v) is 14.9. The number of hydrogen-bond donors (Lipinski definition) is 0. The van der Waals surface area contributed by atoms with Crippen molar-refractivity contribution in [3.8, 4) is 0 Å². The molecule has 0 N–H and O–H groups in total. The number of rotatable bonds is 4. The molecule has 3 heterocycles. The molecule has 1 aromatic carbocycles. The third-order valence-electron chi connectivity index (χ3n) is 4.90. The molecule has 0 saturated carbocycles. The Balaban J connectivity index is 1.73. The monoisotopic (exact) mass is 371 g/mol. The van der Waals surface area contributed by atoms with Gasteiger partial charge in [0.15, 0.2) is 0 Å². The van der Waals surface area contributed by atoms with Gasteiger partial charge in [-0.25, -0.2) is 18.1 Å². The van der Waals surface area contributed by atoms with Crippen molar-refractivity contribution in [2.75, 3.05) is 18.1 Å². The average molecular weight is 371 g/mol. The Bertz CT molecular complexity index is 1000. The van der Waals surface area contributed by atoms with Crippen LogP contribution < -0.4 is 4.90 Å². The van der Waals surface area contributed by atoms with Gasteiger partial charge in [0.1, 0.15) is 17.2 Å². The van der Waals surface area contributed by atoms with E-state index in [1.807, 2.05) is 17.0 Å². The van der Waals surface area contributed by atoms with E-state index in [2.05, 4.69) is 5.10 Å². The van der Waals surface area contributed by atoms with E-state index in [0.29, 0.717) is 16.6 Å². The lowest BCUT2D eigenvalue weighted by atomic mass is 10.0.